The highest BCUT2D eigenvalue weighted by atomic mass is 35.5. The molecule has 0 bridgehead atoms. The summed E-state index contributed by atoms with van der Waals surface area (Å²) in [6.45, 7) is 1.36. The van der Waals surface area contributed by atoms with E-state index in [1.54, 1.807) is 4.90 Å². The van der Waals surface area contributed by atoms with Crippen LogP contribution in [0.25, 0.3) is 0 Å². The molecule has 1 aliphatic heterocycles. The van der Waals surface area contributed by atoms with Gasteiger partial charge >= 0.3 is 6.18 Å². The number of carbonyl (C=O) groups excluding carboxylic acids is 1. The largest absolute Gasteiger partial charge is 0.417 e. The zero-order valence-electron chi connectivity index (χ0n) is 13.7. The van der Waals surface area contributed by atoms with Crippen LogP contribution in [-0.2, 0) is 6.18 Å². The van der Waals surface area contributed by atoms with Gasteiger partial charge in [0.15, 0.2) is 0 Å². The van der Waals surface area contributed by atoms with Gasteiger partial charge in [-0.15, -0.1) is 0 Å². The second-order valence-corrected chi connectivity index (χ2v) is 6.37. The Labute approximate surface area is 153 Å². The summed E-state index contributed by atoms with van der Waals surface area (Å²) in [6.07, 6.45) is -0.353. The van der Waals surface area contributed by atoms with Crippen LogP contribution in [0.3, 0.4) is 0 Å². The lowest BCUT2D eigenvalue weighted by atomic mass is 10.1. The lowest BCUT2D eigenvalue weighted by Crippen LogP contribution is -2.36. The predicted octanol–water partition coefficient (Wildman–Crippen LogP) is 4.52. The molecule has 5 nitrogen and oxygen atoms in total. The standard InChI is InChI=1S/C17H16ClF3N4O/c18-13-5-4-11(8-12(13)17(19,20)21)24-15-9-14(22-10-23-15)16(26)25-6-2-1-3-7-25/h4-5,8-10H,1-3,6-7H2,(H,22,23,24). The van der Waals surface area contributed by atoms with Gasteiger partial charge in [-0.3, -0.25) is 4.79 Å². The van der Waals surface area contributed by atoms with E-state index >= 15 is 0 Å². The third kappa shape index (κ3) is 4.24. The van der Waals surface area contributed by atoms with E-state index in [9.17, 15) is 18.0 Å². The lowest BCUT2D eigenvalue weighted by Gasteiger charge is -2.26. The SMILES string of the molecule is O=C(c1cc(Nc2ccc(Cl)c(C(F)(F)F)c2)ncn1)N1CCCCC1. The van der Waals surface area contributed by atoms with Crippen LogP contribution in [0.4, 0.5) is 24.7 Å². The van der Waals surface area contributed by atoms with Gasteiger partial charge in [-0.05, 0) is 37.5 Å². The zero-order valence-corrected chi connectivity index (χ0v) is 14.4. The van der Waals surface area contributed by atoms with Crippen molar-refractivity contribution in [2.75, 3.05) is 18.4 Å². The van der Waals surface area contributed by atoms with Crippen molar-refractivity contribution >= 4 is 29.0 Å². The molecular weight excluding hydrogens is 369 g/mol. The molecule has 0 spiro atoms. The topological polar surface area (TPSA) is 58.1 Å². The molecule has 0 atom stereocenters. The second kappa shape index (κ2) is 7.49. The molecule has 2 heterocycles. The third-order valence-electron chi connectivity index (χ3n) is 4.07. The number of aromatic nitrogens is 2. The number of rotatable bonds is 3. The molecule has 138 valence electrons. The second-order valence-electron chi connectivity index (χ2n) is 5.96. The number of alkyl halides is 3. The number of nitrogens with one attached hydrogen (secondary N) is 1. The van der Waals surface area contributed by atoms with Gasteiger partial charge in [0.1, 0.15) is 17.8 Å². The smallest absolute Gasteiger partial charge is 0.340 e. The fourth-order valence-electron chi connectivity index (χ4n) is 2.77. The number of benzene rings is 1. The molecule has 0 radical (unpaired) electrons. The van der Waals surface area contributed by atoms with Crippen molar-refractivity contribution in [2.45, 2.75) is 25.4 Å². The Hall–Kier alpha value is -2.35. The highest BCUT2D eigenvalue weighted by Gasteiger charge is 2.33. The van der Waals surface area contributed by atoms with E-state index in [0.717, 1.165) is 31.4 Å². The highest BCUT2D eigenvalue weighted by Crippen LogP contribution is 2.36. The van der Waals surface area contributed by atoms with Gasteiger partial charge < -0.3 is 10.2 Å². The van der Waals surface area contributed by atoms with Crippen molar-refractivity contribution in [3.63, 3.8) is 0 Å². The molecule has 9 heteroatoms. The van der Waals surface area contributed by atoms with E-state index in [1.165, 1.54) is 18.5 Å². The monoisotopic (exact) mass is 384 g/mol. The first kappa shape index (κ1) is 18.4. The van der Waals surface area contributed by atoms with E-state index in [1.807, 2.05) is 0 Å². The molecule has 0 saturated carbocycles. The number of hydrogen-bond donors (Lipinski definition) is 1. The summed E-state index contributed by atoms with van der Waals surface area (Å²) < 4.78 is 38.9. The number of hydrogen-bond acceptors (Lipinski definition) is 4. The summed E-state index contributed by atoms with van der Waals surface area (Å²) in [5.41, 5.74) is -0.575. The highest BCUT2D eigenvalue weighted by molar-refractivity contribution is 6.31. The Kier molecular flexibility index (Phi) is 5.31. The van der Waals surface area contributed by atoms with Gasteiger partial charge in [-0.2, -0.15) is 13.2 Å². The summed E-state index contributed by atoms with van der Waals surface area (Å²) in [6, 6.07) is 4.90. The maximum Gasteiger partial charge on any atom is 0.417 e. The summed E-state index contributed by atoms with van der Waals surface area (Å²) in [5.74, 6) is 0.0260. The summed E-state index contributed by atoms with van der Waals surface area (Å²) in [5, 5.41) is 2.38. The molecule has 26 heavy (non-hydrogen) atoms. The number of likely N-dealkylation sites (tertiary alicyclic amines) is 1. The Morgan fingerprint density at radius 1 is 1.12 bits per heavy atom. The first-order valence-corrected chi connectivity index (χ1v) is 8.47. The maximum absolute atomic E-state index is 13.0. The van der Waals surface area contributed by atoms with Crippen LogP contribution in [0, 0.1) is 0 Å². The van der Waals surface area contributed by atoms with Crippen LogP contribution >= 0.6 is 11.6 Å². The Morgan fingerprint density at radius 2 is 1.85 bits per heavy atom. The number of amides is 1. The average Bonchev–Trinajstić information content (AvgIpc) is 2.63. The van der Waals surface area contributed by atoms with Crippen molar-refractivity contribution in [3.8, 4) is 0 Å². The minimum atomic E-state index is -4.56. The fraction of sp³-hybridized carbons (Fsp3) is 0.353. The number of carbonyl (C=O) groups is 1. The van der Waals surface area contributed by atoms with Crippen molar-refractivity contribution in [2.24, 2.45) is 0 Å². The molecule has 1 N–H and O–H groups in total. The lowest BCUT2D eigenvalue weighted by molar-refractivity contribution is -0.137. The van der Waals surface area contributed by atoms with E-state index < -0.39 is 11.7 Å². The van der Waals surface area contributed by atoms with E-state index in [4.69, 9.17) is 11.6 Å². The van der Waals surface area contributed by atoms with Gasteiger partial charge in [0.25, 0.3) is 5.91 Å². The van der Waals surface area contributed by atoms with Gasteiger partial charge in [0, 0.05) is 24.8 Å². The minimum absolute atomic E-state index is 0.164. The summed E-state index contributed by atoms with van der Waals surface area (Å²) in [4.78, 5) is 22.2. The molecule has 2 aromatic rings. The Bertz CT molecular complexity index is 807. The summed E-state index contributed by atoms with van der Waals surface area (Å²) >= 11 is 5.61. The molecule has 0 unspecified atom stereocenters. The van der Waals surface area contributed by atoms with Gasteiger partial charge in [-0.1, -0.05) is 11.6 Å². The summed E-state index contributed by atoms with van der Waals surface area (Å²) in [7, 11) is 0. The van der Waals surface area contributed by atoms with Crippen molar-refractivity contribution in [1.29, 1.82) is 0 Å². The molecule has 1 aromatic carbocycles. The van der Waals surface area contributed by atoms with Crippen LogP contribution < -0.4 is 5.32 Å². The van der Waals surface area contributed by atoms with Crippen LogP contribution in [0.15, 0.2) is 30.6 Å². The molecule has 1 aliphatic rings. The van der Waals surface area contributed by atoms with E-state index in [2.05, 4.69) is 15.3 Å². The normalized spacial score (nSPS) is 15.0. The molecule has 3 rings (SSSR count). The van der Waals surface area contributed by atoms with E-state index in [0.29, 0.717) is 13.1 Å². The number of halogens is 4. The molecule has 1 amide bonds. The quantitative estimate of drug-likeness (QED) is 0.845. The fourth-order valence-corrected chi connectivity index (χ4v) is 2.99. The number of anilines is 2. The molecule has 1 fully saturated rings. The van der Waals surface area contributed by atoms with E-state index in [-0.39, 0.29) is 28.1 Å². The predicted molar refractivity (Wildman–Crippen MR) is 91.5 cm³/mol. The third-order valence-corrected chi connectivity index (χ3v) is 4.40. The van der Waals surface area contributed by atoms with Crippen LogP contribution in [-0.4, -0.2) is 33.9 Å². The van der Waals surface area contributed by atoms with Crippen LogP contribution in [0.5, 0.6) is 0 Å². The van der Waals surface area contributed by atoms with Gasteiger partial charge in [0.2, 0.25) is 0 Å². The van der Waals surface area contributed by atoms with Gasteiger partial charge in [-0.25, -0.2) is 9.97 Å². The van der Waals surface area contributed by atoms with Crippen LogP contribution in [0.2, 0.25) is 5.02 Å². The maximum atomic E-state index is 13.0. The first-order valence-electron chi connectivity index (χ1n) is 8.10. The Balaban J connectivity index is 1.80. The number of nitrogens with zero attached hydrogens (tertiary/aromatic N) is 3. The van der Waals surface area contributed by atoms with Crippen molar-refractivity contribution in [1.82, 2.24) is 14.9 Å². The van der Waals surface area contributed by atoms with Crippen LogP contribution in [0.1, 0.15) is 35.3 Å². The van der Waals surface area contributed by atoms with Crippen molar-refractivity contribution < 1.29 is 18.0 Å². The molecular formula is C17H16ClF3N4O. The zero-order chi connectivity index (χ0) is 18.7. The average molecular weight is 385 g/mol. The van der Waals surface area contributed by atoms with Gasteiger partial charge in [0.05, 0.1) is 10.6 Å². The molecule has 1 saturated heterocycles. The van der Waals surface area contributed by atoms with Crippen molar-refractivity contribution in [3.05, 3.63) is 46.9 Å². The molecule has 1 aromatic heterocycles. The number of piperidine rings is 1. The molecule has 0 aliphatic carbocycles. The first-order chi connectivity index (χ1) is 12.3. The Morgan fingerprint density at radius 3 is 2.54 bits per heavy atom. The minimum Gasteiger partial charge on any atom is -0.340 e.